The summed E-state index contributed by atoms with van der Waals surface area (Å²) in [4.78, 5) is 25.3. The fourth-order valence-corrected chi connectivity index (χ4v) is 4.30. The van der Waals surface area contributed by atoms with Crippen molar-refractivity contribution in [2.24, 2.45) is 10.8 Å². The Bertz CT molecular complexity index is 351. The summed E-state index contributed by atoms with van der Waals surface area (Å²) >= 11 is 0. The van der Waals surface area contributed by atoms with Gasteiger partial charge in [-0.15, -0.1) is 0 Å². The molecule has 2 rings (SSSR count). The Labute approximate surface area is 121 Å². The summed E-state index contributed by atoms with van der Waals surface area (Å²) in [5.41, 5.74) is -1.26. The number of hydrogen-bond donors (Lipinski definition) is 0. The van der Waals surface area contributed by atoms with Gasteiger partial charge >= 0.3 is 11.9 Å². The SMILES string of the molecule is CCOC(=O)C1(C(=O)OCC)CCCC12CCCCC2. The van der Waals surface area contributed by atoms with Gasteiger partial charge in [0.25, 0.3) is 0 Å². The van der Waals surface area contributed by atoms with Crippen molar-refractivity contribution in [1.82, 2.24) is 0 Å². The largest absolute Gasteiger partial charge is 0.465 e. The minimum absolute atomic E-state index is 0.218. The van der Waals surface area contributed by atoms with Crippen molar-refractivity contribution in [3.8, 4) is 0 Å². The van der Waals surface area contributed by atoms with Crippen LogP contribution in [-0.4, -0.2) is 25.2 Å². The monoisotopic (exact) mass is 282 g/mol. The topological polar surface area (TPSA) is 52.6 Å². The van der Waals surface area contributed by atoms with Crippen LogP contribution >= 0.6 is 0 Å². The van der Waals surface area contributed by atoms with E-state index in [1.54, 1.807) is 13.8 Å². The Morgan fingerprint density at radius 2 is 1.30 bits per heavy atom. The summed E-state index contributed by atoms with van der Waals surface area (Å²) in [6.07, 6.45) is 7.74. The summed E-state index contributed by atoms with van der Waals surface area (Å²) in [5, 5.41) is 0. The van der Waals surface area contributed by atoms with Crippen LogP contribution in [0.15, 0.2) is 0 Å². The highest BCUT2D eigenvalue weighted by atomic mass is 16.6. The minimum Gasteiger partial charge on any atom is -0.465 e. The molecule has 0 N–H and O–H groups in total. The number of carbonyl (C=O) groups excluding carboxylic acids is 2. The van der Waals surface area contributed by atoms with Crippen LogP contribution in [0.3, 0.4) is 0 Å². The van der Waals surface area contributed by atoms with Crippen LogP contribution in [-0.2, 0) is 19.1 Å². The maximum Gasteiger partial charge on any atom is 0.324 e. The molecule has 0 aromatic rings. The standard InChI is InChI=1S/C16H26O4/c1-3-19-13(17)16(14(18)20-4-2)12-8-11-15(16)9-6-5-7-10-15/h3-12H2,1-2H3. The average molecular weight is 282 g/mol. The zero-order valence-corrected chi connectivity index (χ0v) is 12.7. The van der Waals surface area contributed by atoms with Crippen LogP contribution in [0.1, 0.15) is 65.2 Å². The lowest BCUT2D eigenvalue weighted by Crippen LogP contribution is -2.52. The van der Waals surface area contributed by atoms with Gasteiger partial charge < -0.3 is 9.47 Å². The fourth-order valence-electron chi connectivity index (χ4n) is 4.30. The maximum absolute atomic E-state index is 12.6. The van der Waals surface area contributed by atoms with E-state index in [1.807, 2.05) is 0 Å². The van der Waals surface area contributed by atoms with Crippen LogP contribution in [0.25, 0.3) is 0 Å². The minimum atomic E-state index is -1.04. The highest BCUT2D eigenvalue weighted by Crippen LogP contribution is 2.61. The van der Waals surface area contributed by atoms with E-state index in [0.29, 0.717) is 19.6 Å². The molecule has 2 aliphatic carbocycles. The van der Waals surface area contributed by atoms with E-state index in [1.165, 1.54) is 6.42 Å². The Balaban J connectivity index is 2.38. The second kappa shape index (κ2) is 6.15. The van der Waals surface area contributed by atoms with Crippen LogP contribution in [0.2, 0.25) is 0 Å². The second-order valence-electron chi connectivity index (χ2n) is 6.04. The lowest BCUT2D eigenvalue weighted by Gasteiger charge is -2.44. The van der Waals surface area contributed by atoms with Crippen molar-refractivity contribution < 1.29 is 19.1 Å². The number of hydrogen-bond acceptors (Lipinski definition) is 4. The first-order valence-corrected chi connectivity index (χ1v) is 7.97. The molecule has 0 aromatic heterocycles. The molecule has 0 heterocycles. The molecule has 2 aliphatic rings. The molecule has 1 spiro atoms. The molecule has 2 saturated carbocycles. The third-order valence-corrected chi connectivity index (χ3v) is 5.17. The molecule has 0 radical (unpaired) electrons. The molecule has 0 amide bonds. The van der Waals surface area contributed by atoms with Crippen molar-refractivity contribution in [1.29, 1.82) is 0 Å². The summed E-state index contributed by atoms with van der Waals surface area (Å²) < 4.78 is 10.6. The van der Waals surface area contributed by atoms with Gasteiger partial charge in [-0.2, -0.15) is 0 Å². The number of ether oxygens (including phenoxy) is 2. The molecule has 0 aromatic carbocycles. The molecule has 0 unspecified atom stereocenters. The predicted octanol–water partition coefficient (Wildman–Crippen LogP) is 3.23. The molecule has 20 heavy (non-hydrogen) atoms. The summed E-state index contributed by atoms with van der Waals surface area (Å²) in [7, 11) is 0. The molecular formula is C16H26O4. The molecule has 114 valence electrons. The van der Waals surface area contributed by atoms with Crippen LogP contribution in [0.4, 0.5) is 0 Å². The first-order chi connectivity index (χ1) is 9.63. The Hall–Kier alpha value is -1.06. The first kappa shape index (κ1) is 15.3. The summed E-state index contributed by atoms with van der Waals surface area (Å²) in [6.45, 7) is 4.21. The quantitative estimate of drug-likeness (QED) is 0.587. The van der Waals surface area contributed by atoms with Gasteiger partial charge in [-0.05, 0) is 44.9 Å². The van der Waals surface area contributed by atoms with E-state index in [-0.39, 0.29) is 17.4 Å². The summed E-state index contributed by atoms with van der Waals surface area (Å²) in [6, 6.07) is 0. The van der Waals surface area contributed by atoms with Gasteiger partial charge in [0.15, 0.2) is 5.41 Å². The zero-order chi connectivity index (χ0) is 14.6. The van der Waals surface area contributed by atoms with Crippen molar-refractivity contribution in [3.63, 3.8) is 0 Å². The molecule has 4 heteroatoms. The van der Waals surface area contributed by atoms with E-state index >= 15 is 0 Å². The van der Waals surface area contributed by atoms with Gasteiger partial charge in [0, 0.05) is 0 Å². The third-order valence-electron chi connectivity index (χ3n) is 5.17. The smallest absolute Gasteiger partial charge is 0.324 e. The van der Waals surface area contributed by atoms with Gasteiger partial charge in [-0.1, -0.05) is 25.7 Å². The Morgan fingerprint density at radius 1 is 0.800 bits per heavy atom. The van der Waals surface area contributed by atoms with E-state index in [4.69, 9.17) is 9.47 Å². The van der Waals surface area contributed by atoms with Crippen molar-refractivity contribution in [2.45, 2.75) is 65.2 Å². The van der Waals surface area contributed by atoms with E-state index in [2.05, 4.69) is 0 Å². The van der Waals surface area contributed by atoms with Crippen molar-refractivity contribution in [2.75, 3.05) is 13.2 Å². The average Bonchev–Trinajstić information content (AvgIpc) is 2.80. The Kier molecular flexibility index (Phi) is 4.71. The van der Waals surface area contributed by atoms with Crippen LogP contribution in [0.5, 0.6) is 0 Å². The predicted molar refractivity (Wildman–Crippen MR) is 75.1 cm³/mol. The number of carbonyl (C=O) groups is 2. The number of rotatable bonds is 4. The van der Waals surface area contributed by atoms with E-state index in [9.17, 15) is 9.59 Å². The zero-order valence-electron chi connectivity index (χ0n) is 12.7. The Morgan fingerprint density at radius 3 is 1.80 bits per heavy atom. The van der Waals surface area contributed by atoms with Gasteiger partial charge in [0.05, 0.1) is 13.2 Å². The molecule has 0 saturated heterocycles. The first-order valence-electron chi connectivity index (χ1n) is 7.97. The normalized spacial score (nSPS) is 23.5. The molecule has 0 aliphatic heterocycles. The van der Waals surface area contributed by atoms with Gasteiger partial charge in [0.1, 0.15) is 0 Å². The molecule has 0 bridgehead atoms. The summed E-state index contributed by atoms with van der Waals surface area (Å²) in [5.74, 6) is -0.698. The lowest BCUT2D eigenvalue weighted by atomic mass is 9.58. The lowest BCUT2D eigenvalue weighted by molar-refractivity contribution is -0.183. The molecular weight excluding hydrogens is 256 g/mol. The van der Waals surface area contributed by atoms with Crippen molar-refractivity contribution >= 4 is 11.9 Å². The van der Waals surface area contributed by atoms with Gasteiger partial charge in [-0.3, -0.25) is 9.59 Å². The number of esters is 2. The van der Waals surface area contributed by atoms with Crippen LogP contribution < -0.4 is 0 Å². The highest BCUT2D eigenvalue weighted by molar-refractivity contribution is 6.01. The molecule has 4 nitrogen and oxygen atoms in total. The van der Waals surface area contributed by atoms with Crippen LogP contribution in [0, 0.1) is 10.8 Å². The van der Waals surface area contributed by atoms with Gasteiger partial charge in [0.2, 0.25) is 0 Å². The molecule has 0 atom stereocenters. The van der Waals surface area contributed by atoms with Crippen molar-refractivity contribution in [3.05, 3.63) is 0 Å². The fraction of sp³-hybridized carbons (Fsp3) is 0.875. The second-order valence-corrected chi connectivity index (χ2v) is 6.04. The highest BCUT2D eigenvalue weighted by Gasteiger charge is 2.65. The molecule has 2 fully saturated rings. The van der Waals surface area contributed by atoms with E-state index < -0.39 is 5.41 Å². The maximum atomic E-state index is 12.6. The van der Waals surface area contributed by atoms with Gasteiger partial charge in [-0.25, -0.2) is 0 Å². The third kappa shape index (κ3) is 2.23. The van der Waals surface area contributed by atoms with E-state index in [0.717, 1.165) is 38.5 Å².